The van der Waals surface area contributed by atoms with Crippen LogP contribution in [0, 0.1) is 35.5 Å². The summed E-state index contributed by atoms with van der Waals surface area (Å²) < 4.78 is 13.1. The van der Waals surface area contributed by atoms with Crippen LogP contribution in [0.5, 0.6) is 0 Å². The lowest BCUT2D eigenvalue weighted by Crippen LogP contribution is -2.47. The van der Waals surface area contributed by atoms with Gasteiger partial charge in [0.1, 0.15) is 24.1 Å². The number of hydrogen-bond acceptors (Lipinski definition) is 10. The molecule has 11 heteroatoms. The quantitative estimate of drug-likeness (QED) is 0.180. The van der Waals surface area contributed by atoms with Gasteiger partial charge in [-0.25, -0.2) is 14.3 Å². The molecule has 1 aliphatic rings. The molecule has 0 radical (unpaired) electrons. The van der Waals surface area contributed by atoms with Gasteiger partial charge in [0.2, 0.25) is 0 Å². The van der Waals surface area contributed by atoms with Gasteiger partial charge in [0.05, 0.1) is 6.10 Å². The maximum atomic E-state index is 13.8. The number of imidazole rings is 1. The number of hydrogen-bond donors (Lipinski definition) is 3. The average Bonchev–Trinajstić information content (AvgIpc) is 3.62. The molecule has 50 heavy (non-hydrogen) atoms. The van der Waals surface area contributed by atoms with E-state index in [2.05, 4.69) is 24.1 Å². The summed E-state index contributed by atoms with van der Waals surface area (Å²) in [5.74, 6) is -2.29. The lowest BCUT2D eigenvalue weighted by Gasteiger charge is -2.36. The monoisotopic (exact) mass is 710 g/mol. The van der Waals surface area contributed by atoms with Gasteiger partial charge >= 0.3 is 12.1 Å². The highest BCUT2D eigenvalue weighted by molar-refractivity contribution is 6.00. The molecular weight excluding hydrogens is 638 g/mol. The van der Waals surface area contributed by atoms with E-state index in [9.17, 15) is 24.3 Å². The Morgan fingerprint density at radius 1 is 1.12 bits per heavy atom. The van der Waals surface area contributed by atoms with Gasteiger partial charge in [-0.05, 0) is 96.9 Å². The van der Waals surface area contributed by atoms with Crippen LogP contribution >= 0.6 is 0 Å². The van der Waals surface area contributed by atoms with Crippen molar-refractivity contribution in [3.8, 4) is 0 Å². The third-order valence-corrected chi connectivity index (χ3v) is 9.12. The van der Waals surface area contributed by atoms with Gasteiger partial charge in [-0.1, -0.05) is 67.7 Å². The molecule has 3 N–H and O–H groups in total. The van der Waals surface area contributed by atoms with E-state index in [0.29, 0.717) is 30.8 Å². The fourth-order valence-corrected chi connectivity index (χ4v) is 6.64. The standard InChI is InChI=1S/C34H54N2O7.C2H7N.C2H6.CH4O/c1-10-12-29-34(9,43-33(41)36-16-15-35-20-36)19-24(5)30(38)23(4)18-22(3)28(14-11-13-21(2)17-25(6)37)26(7)31(39)27(8)32(40)42-29;1-3-2;2*1-2/h15-16,19-23,25-29,37H,10-14,17-18H2,1-9H3;3H,1-2H3;1-2H3;2H,1H3/b24-19+;;;/t21-,22+,23-,25?,26-,27?,28+,29-,34+;;;/m1.../s1. The molecule has 2 heterocycles. The number of Topliss-reactive ketones (excluding diaryl/α,β-unsaturated/α-hetero) is 2. The number of aliphatic hydroxyl groups excluding tert-OH is 2. The van der Waals surface area contributed by atoms with Gasteiger partial charge in [-0.15, -0.1) is 0 Å². The van der Waals surface area contributed by atoms with Gasteiger partial charge in [-0.2, -0.15) is 0 Å². The summed E-state index contributed by atoms with van der Waals surface area (Å²) in [5, 5.41) is 19.5. The number of nitrogens with one attached hydrogen (secondary N) is 1. The zero-order chi connectivity index (χ0) is 39.2. The van der Waals surface area contributed by atoms with Crippen LogP contribution in [0.1, 0.15) is 121 Å². The third-order valence-electron chi connectivity index (χ3n) is 9.12. The number of carbonyl (C=O) groups is 4. The summed E-state index contributed by atoms with van der Waals surface area (Å²) in [4.78, 5) is 57.9. The minimum Gasteiger partial charge on any atom is -0.457 e. The first-order valence-corrected chi connectivity index (χ1v) is 18.4. The van der Waals surface area contributed by atoms with Crippen LogP contribution in [0.2, 0.25) is 0 Å². The molecule has 0 amide bonds. The fourth-order valence-electron chi connectivity index (χ4n) is 6.64. The average molecular weight is 710 g/mol. The second-order valence-corrected chi connectivity index (χ2v) is 13.7. The zero-order valence-corrected chi connectivity index (χ0v) is 33.6. The number of ether oxygens (including phenoxy) is 2. The summed E-state index contributed by atoms with van der Waals surface area (Å²) in [6.45, 7) is 20.6. The number of allylic oxidation sites excluding steroid dienone is 1. The zero-order valence-electron chi connectivity index (χ0n) is 33.6. The number of nitrogens with zero attached hydrogens (tertiary/aromatic N) is 2. The van der Waals surface area contributed by atoms with E-state index >= 15 is 0 Å². The summed E-state index contributed by atoms with van der Waals surface area (Å²) in [6, 6.07) is 0. The number of ketones is 2. The Labute approximate surface area is 303 Å². The number of carbonyl (C=O) groups excluding carboxylic acids is 4. The molecule has 1 aromatic heterocycles. The normalized spacial score (nSPS) is 28.3. The van der Waals surface area contributed by atoms with Crippen LogP contribution in [0.3, 0.4) is 0 Å². The van der Waals surface area contributed by atoms with Crippen molar-refractivity contribution in [1.29, 1.82) is 0 Å². The summed E-state index contributed by atoms with van der Waals surface area (Å²) >= 11 is 0. The van der Waals surface area contributed by atoms with E-state index < -0.39 is 35.6 Å². The molecule has 0 fully saturated rings. The number of cyclic esters (lactones) is 1. The lowest BCUT2D eigenvalue weighted by molar-refractivity contribution is -0.167. The van der Waals surface area contributed by atoms with E-state index in [0.717, 1.165) is 32.8 Å². The molecule has 0 aromatic carbocycles. The van der Waals surface area contributed by atoms with Crippen LogP contribution in [-0.2, 0) is 23.9 Å². The predicted octanol–water partition coefficient (Wildman–Crippen LogP) is 7.03. The van der Waals surface area contributed by atoms with Crippen molar-refractivity contribution in [1.82, 2.24) is 14.9 Å². The molecule has 11 nitrogen and oxygen atoms in total. The summed E-state index contributed by atoms with van der Waals surface area (Å²) in [7, 11) is 4.75. The molecule has 290 valence electrons. The van der Waals surface area contributed by atoms with Gasteiger partial charge in [0.25, 0.3) is 0 Å². The topological polar surface area (TPSA) is 157 Å². The number of aromatic nitrogens is 2. The Hall–Kier alpha value is -2.89. The SMILES string of the molecule is CC.CCC[C@H]1OC(=O)C(C)C(=O)[C@H](C)[C@@H](CCC[C@@H](C)CC(C)O)[C@@H](C)C[C@@H](C)C(=O)/C(C)=C/[C@]1(C)OC(=O)n1ccnc1.CNC.CO. The fraction of sp³-hybridized carbons (Fsp3) is 0.769. The van der Waals surface area contributed by atoms with E-state index in [1.165, 1.54) is 23.3 Å². The van der Waals surface area contributed by atoms with Crippen molar-refractivity contribution in [3.63, 3.8) is 0 Å². The van der Waals surface area contributed by atoms with Crippen molar-refractivity contribution < 1.29 is 38.9 Å². The van der Waals surface area contributed by atoms with Gasteiger partial charge in [-0.3, -0.25) is 14.4 Å². The molecule has 0 saturated heterocycles. The van der Waals surface area contributed by atoms with Crippen molar-refractivity contribution >= 4 is 23.6 Å². The Bertz CT molecular complexity index is 1140. The van der Waals surface area contributed by atoms with Crippen LogP contribution < -0.4 is 5.32 Å². The maximum Gasteiger partial charge on any atom is 0.420 e. The first-order chi connectivity index (χ1) is 23.5. The molecule has 1 aliphatic heterocycles. The molecule has 0 saturated carbocycles. The highest BCUT2D eigenvalue weighted by atomic mass is 16.6. The largest absolute Gasteiger partial charge is 0.457 e. The molecule has 2 rings (SSSR count). The third kappa shape index (κ3) is 16.4. The number of aliphatic hydroxyl groups is 2. The molecule has 9 atom stereocenters. The van der Waals surface area contributed by atoms with Crippen molar-refractivity contribution in [3.05, 3.63) is 30.4 Å². The number of esters is 1. The van der Waals surface area contributed by atoms with Gasteiger partial charge in [0.15, 0.2) is 11.4 Å². The summed E-state index contributed by atoms with van der Waals surface area (Å²) in [6.07, 6.45) is 8.69. The van der Waals surface area contributed by atoms with Crippen LogP contribution in [-0.4, -0.2) is 82.4 Å². The van der Waals surface area contributed by atoms with Crippen molar-refractivity contribution in [2.45, 2.75) is 139 Å². The molecule has 0 aliphatic carbocycles. The van der Waals surface area contributed by atoms with E-state index in [1.54, 1.807) is 33.8 Å². The summed E-state index contributed by atoms with van der Waals surface area (Å²) in [5.41, 5.74) is -1.04. The minimum atomic E-state index is -1.47. The highest BCUT2D eigenvalue weighted by Crippen LogP contribution is 2.36. The van der Waals surface area contributed by atoms with Gasteiger partial charge in [0, 0.05) is 31.3 Å². The van der Waals surface area contributed by atoms with Crippen LogP contribution in [0.25, 0.3) is 0 Å². The Morgan fingerprint density at radius 2 is 1.70 bits per heavy atom. The molecule has 2 unspecified atom stereocenters. The van der Waals surface area contributed by atoms with Crippen LogP contribution in [0.4, 0.5) is 4.79 Å². The Morgan fingerprint density at radius 3 is 2.20 bits per heavy atom. The highest BCUT2D eigenvalue weighted by Gasteiger charge is 2.43. The first-order valence-electron chi connectivity index (χ1n) is 18.4. The van der Waals surface area contributed by atoms with Gasteiger partial charge < -0.3 is 25.0 Å². The van der Waals surface area contributed by atoms with Crippen molar-refractivity contribution in [2.75, 3.05) is 21.2 Å². The predicted molar refractivity (Wildman–Crippen MR) is 200 cm³/mol. The Balaban J connectivity index is 0. The smallest absolute Gasteiger partial charge is 0.420 e. The van der Waals surface area contributed by atoms with Crippen molar-refractivity contribution in [2.24, 2.45) is 35.5 Å². The lowest BCUT2D eigenvalue weighted by atomic mass is 9.72. The molecule has 0 bridgehead atoms. The molecule has 1 aromatic rings. The van der Waals surface area contributed by atoms with E-state index in [1.807, 2.05) is 48.7 Å². The second kappa shape index (κ2) is 26.0. The van der Waals surface area contributed by atoms with E-state index in [-0.39, 0.29) is 35.4 Å². The van der Waals surface area contributed by atoms with Crippen LogP contribution in [0.15, 0.2) is 30.4 Å². The van der Waals surface area contributed by atoms with E-state index in [4.69, 9.17) is 14.6 Å². The maximum absolute atomic E-state index is 13.8. The molecule has 0 spiro atoms. The first kappa shape index (κ1) is 49.2. The minimum absolute atomic E-state index is 0.0168. The second-order valence-electron chi connectivity index (χ2n) is 13.7. The number of rotatable bonds is 9. The molecular formula is C39H71N3O8. The Kier molecular flexibility index (Phi) is 25.6.